The van der Waals surface area contributed by atoms with Crippen LogP contribution in [-0.4, -0.2) is 0 Å². The number of rotatable bonds is 2. The summed E-state index contributed by atoms with van der Waals surface area (Å²) < 4.78 is 39.2. The van der Waals surface area contributed by atoms with Crippen molar-refractivity contribution in [2.45, 2.75) is 6.42 Å². The van der Waals surface area contributed by atoms with Gasteiger partial charge in [-0.05, 0) is 23.3 Å². The lowest BCUT2D eigenvalue weighted by molar-refractivity contribution is 0.442. The molecule has 4 heteroatoms. The summed E-state index contributed by atoms with van der Waals surface area (Å²) in [5, 5.41) is 0.469. The molecule has 0 amide bonds. The average Bonchev–Trinajstić information content (AvgIpc) is 2.32. The van der Waals surface area contributed by atoms with Crippen LogP contribution < -0.4 is 0 Å². The van der Waals surface area contributed by atoms with E-state index >= 15 is 0 Å². The highest BCUT2D eigenvalue weighted by atomic mass is 35.5. The Morgan fingerprint density at radius 2 is 1.53 bits per heavy atom. The summed E-state index contributed by atoms with van der Waals surface area (Å²) in [4.78, 5) is 0. The first-order chi connectivity index (χ1) is 8.09. The summed E-state index contributed by atoms with van der Waals surface area (Å²) in [5.41, 5.74) is 0.746. The van der Waals surface area contributed by atoms with Gasteiger partial charge in [-0.2, -0.15) is 0 Å². The molecule has 0 aliphatic carbocycles. The molecular formula is C13H8ClF3. The van der Waals surface area contributed by atoms with Gasteiger partial charge in [-0.25, -0.2) is 13.2 Å². The molecule has 17 heavy (non-hydrogen) atoms. The molecular weight excluding hydrogens is 249 g/mol. The number of hydrogen-bond donors (Lipinski definition) is 0. The van der Waals surface area contributed by atoms with Crippen LogP contribution in [0.2, 0.25) is 5.02 Å². The van der Waals surface area contributed by atoms with E-state index in [0.29, 0.717) is 10.6 Å². The monoisotopic (exact) mass is 256 g/mol. The van der Waals surface area contributed by atoms with Crippen LogP contribution in [0.1, 0.15) is 11.1 Å². The van der Waals surface area contributed by atoms with Gasteiger partial charge in [0.1, 0.15) is 0 Å². The Labute approximate surface area is 102 Å². The van der Waals surface area contributed by atoms with Gasteiger partial charge in [-0.1, -0.05) is 35.9 Å². The normalized spacial score (nSPS) is 10.6. The van der Waals surface area contributed by atoms with Crippen LogP contribution in [0.4, 0.5) is 13.2 Å². The Kier molecular flexibility index (Phi) is 3.38. The first kappa shape index (κ1) is 12.0. The zero-order valence-corrected chi connectivity index (χ0v) is 9.44. The summed E-state index contributed by atoms with van der Waals surface area (Å²) >= 11 is 5.91. The second kappa shape index (κ2) is 4.80. The quantitative estimate of drug-likeness (QED) is 0.701. The van der Waals surface area contributed by atoms with Gasteiger partial charge in [-0.3, -0.25) is 0 Å². The van der Waals surface area contributed by atoms with Gasteiger partial charge in [0.25, 0.3) is 0 Å². The molecule has 0 spiro atoms. The topological polar surface area (TPSA) is 0 Å². The molecule has 0 radical (unpaired) electrons. The molecule has 0 aliphatic rings. The molecule has 2 aromatic rings. The van der Waals surface area contributed by atoms with Crippen LogP contribution in [0.15, 0.2) is 36.4 Å². The molecule has 88 valence electrons. The van der Waals surface area contributed by atoms with Crippen molar-refractivity contribution in [3.63, 3.8) is 0 Å². The standard InChI is InChI=1S/C13H8ClF3/c14-10-4-2-1-3-8(10)7-9-5-6-11(15)13(17)12(9)16/h1-6H,7H2. The van der Waals surface area contributed by atoms with Crippen LogP contribution >= 0.6 is 11.6 Å². The number of halogens is 4. The van der Waals surface area contributed by atoms with E-state index in [-0.39, 0.29) is 12.0 Å². The van der Waals surface area contributed by atoms with Gasteiger partial charge in [0, 0.05) is 11.4 Å². The van der Waals surface area contributed by atoms with E-state index in [4.69, 9.17) is 11.6 Å². The highest BCUT2D eigenvalue weighted by Gasteiger charge is 2.14. The third-order valence-corrected chi connectivity index (χ3v) is 2.82. The molecule has 0 fully saturated rings. The minimum absolute atomic E-state index is 0.0806. The van der Waals surface area contributed by atoms with Crippen molar-refractivity contribution in [3.8, 4) is 0 Å². The largest absolute Gasteiger partial charge is 0.204 e. The molecule has 0 unspecified atom stereocenters. The average molecular weight is 257 g/mol. The maximum atomic E-state index is 13.4. The van der Waals surface area contributed by atoms with Crippen LogP contribution in [0.25, 0.3) is 0 Å². The molecule has 0 heterocycles. The van der Waals surface area contributed by atoms with Crippen molar-refractivity contribution >= 4 is 11.6 Å². The molecule has 0 N–H and O–H groups in total. The highest BCUT2D eigenvalue weighted by molar-refractivity contribution is 6.31. The minimum atomic E-state index is -1.45. The first-order valence-corrected chi connectivity index (χ1v) is 5.33. The van der Waals surface area contributed by atoms with Crippen LogP contribution in [0, 0.1) is 17.5 Å². The van der Waals surface area contributed by atoms with E-state index in [1.54, 1.807) is 24.3 Å². The first-order valence-electron chi connectivity index (χ1n) is 4.95. The van der Waals surface area contributed by atoms with Crippen molar-refractivity contribution in [2.75, 3.05) is 0 Å². The molecule has 0 saturated carbocycles. The van der Waals surface area contributed by atoms with Crippen molar-refractivity contribution in [1.29, 1.82) is 0 Å². The van der Waals surface area contributed by atoms with Gasteiger partial charge in [-0.15, -0.1) is 0 Å². The third kappa shape index (κ3) is 2.44. The predicted molar refractivity (Wildman–Crippen MR) is 60.6 cm³/mol. The Hall–Kier alpha value is -1.48. The van der Waals surface area contributed by atoms with Crippen LogP contribution in [0.3, 0.4) is 0 Å². The molecule has 0 bridgehead atoms. The molecule has 0 saturated heterocycles. The van der Waals surface area contributed by atoms with Crippen molar-refractivity contribution in [1.82, 2.24) is 0 Å². The zero-order valence-electron chi connectivity index (χ0n) is 8.68. The SMILES string of the molecule is Fc1ccc(Cc2ccccc2Cl)c(F)c1F. The lowest BCUT2D eigenvalue weighted by atomic mass is 10.0. The Morgan fingerprint density at radius 3 is 2.24 bits per heavy atom. The van der Waals surface area contributed by atoms with E-state index in [1.165, 1.54) is 6.07 Å². The van der Waals surface area contributed by atoms with E-state index in [9.17, 15) is 13.2 Å². The zero-order chi connectivity index (χ0) is 12.4. The molecule has 2 aromatic carbocycles. The summed E-state index contributed by atoms with van der Waals surface area (Å²) in [6, 6.07) is 8.99. The highest BCUT2D eigenvalue weighted by Crippen LogP contribution is 2.22. The lowest BCUT2D eigenvalue weighted by Gasteiger charge is -2.06. The summed E-state index contributed by atoms with van der Waals surface area (Å²) in [6.07, 6.45) is 0.128. The summed E-state index contributed by atoms with van der Waals surface area (Å²) in [7, 11) is 0. The lowest BCUT2D eigenvalue weighted by Crippen LogP contribution is -1.99. The molecule has 0 atom stereocenters. The summed E-state index contributed by atoms with van der Waals surface area (Å²) in [5.74, 6) is -3.80. The van der Waals surface area contributed by atoms with Crippen LogP contribution in [-0.2, 0) is 6.42 Å². The predicted octanol–water partition coefficient (Wildman–Crippen LogP) is 4.35. The number of hydrogen-bond acceptors (Lipinski definition) is 0. The minimum Gasteiger partial charge on any atom is -0.204 e. The maximum Gasteiger partial charge on any atom is 0.194 e. The van der Waals surface area contributed by atoms with Crippen LogP contribution in [0.5, 0.6) is 0 Å². The Balaban J connectivity index is 2.38. The smallest absolute Gasteiger partial charge is 0.194 e. The fourth-order valence-electron chi connectivity index (χ4n) is 1.55. The van der Waals surface area contributed by atoms with Gasteiger partial charge in [0.2, 0.25) is 0 Å². The fourth-order valence-corrected chi connectivity index (χ4v) is 1.75. The van der Waals surface area contributed by atoms with E-state index in [0.717, 1.165) is 6.07 Å². The molecule has 0 aromatic heterocycles. The molecule has 0 aliphatic heterocycles. The van der Waals surface area contributed by atoms with Crippen molar-refractivity contribution < 1.29 is 13.2 Å². The maximum absolute atomic E-state index is 13.4. The molecule has 0 nitrogen and oxygen atoms in total. The Morgan fingerprint density at radius 1 is 0.824 bits per heavy atom. The van der Waals surface area contributed by atoms with Gasteiger partial charge in [0.15, 0.2) is 17.5 Å². The summed E-state index contributed by atoms with van der Waals surface area (Å²) in [6.45, 7) is 0. The van der Waals surface area contributed by atoms with E-state index in [1.807, 2.05) is 0 Å². The third-order valence-electron chi connectivity index (χ3n) is 2.45. The second-order valence-corrected chi connectivity index (χ2v) is 4.01. The van der Waals surface area contributed by atoms with Crippen molar-refractivity contribution in [3.05, 3.63) is 70.0 Å². The van der Waals surface area contributed by atoms with Gasteiger partial charge >= 0.3 is 0 Å². The van der Waals surface area contributed by atoms with E-state index < -0.39 is 17.5 Å². The van der Waals surface area contributed by atoms with Crippen molar-refractivity contribution in [2.24, 2.45) is 0 Å². The second-order valence-electron chi connectivity index (χ2n) is 3.60. The number of benzene rings is 2. The van der Waals surface area contributed by atoms with E-state index in [2.05, 4.69) is 0 Å². The van der Waals surface area contributed by atoms with Gasteiger partial charge in [0.05, 0.1) is 0 Å². The fraction of sp³-hybridized carbons (Fsp3) is 0.0769. The Bertz CT molecular complexity index is 552. The van der Waals surface area contributed by atoms with Gasteiger partial charge < -0.3 is 0 Å². The molecule has 2 rings (SSSR count).